The van der Waals surface area contributed by atoms with E-state index >= 15 is 0 Å². The number of thioether (sulfide) groups is 1. The summed E-state index contributed by atoms with van der Waals surface area (Å²) in [5.74, 6) is -1.14. The number of hydrogen-bond acceptors (Lipinski definition) is 4. The van der Waals surface area contributed by atoms with Gasteiger partial charge in [-0.25, -0.2) is 9.37 Å². The third kappa shape index (κ3) is 3.09. The van der Waals surface area contributed by atoms with E-state index in [0.717, 1.165) is 14.6 Å². The van der Waals surface area contributed by atoms with Crippen molar-refractivity contribution in [3.63, 3.8) is 0 Å². The Morgan fingerprint density at radius 1 is 1.32 bits per heavy atom. The van der Waals surface area contributed by atoms with Crippen molar-refractivity contribution in [2.24, 2.45) is 0 Å². The predicted molar refractivity (Wildman–Crippen MR) is 90.8 cm³/mol. The molecule has 0 unspecified atom stereocenters. The summed E-state index contributed by atoms with van der Waals surface area (Å²) in [5.41, 5.74) is 1.39. The molecule has 1 N–H and O–H groups in total. The van der Waals surface area contributed by atoms with Crippen LogP contribution in [-0.2, 0) is 0 Å². The monoisotopic (exact) mass is 352 g/mol. The molecule has 1 aromatic heterocycles. The van der Waals surface area contributed by atoms with E-state index in [4.69, 9.17) is 11.6 Å². The first kappa shape index (κ1) is 15.3. The van der Waals surface area contributed by atoms with Crippen molar-refractivity contribution in [1.29, 1.82) is 0 Å². The van der Waals surface area contributed by atoms with Crippen LogP contribution >= 0.6 is 34.7 Å². The van der Waals surface area contributed by atoms with Gasteiger partial charge in [-0.15, -0.1) is 11.3 Å². The topological polar surface area (TPSA) is 42.0 Å². The van der Waals surface area contributed by atoms with Crippen molar-refractivity contribution in [1.82, 2.24) is 4.98 Å². The normalized spacial score (nSPS) is 10.9. The fraction of sp³-hybridized carbons (Fsp3) is 0.0667. The van der Waals surface area contributed by atoms with Crippen LogP contribution in [0.15, 0.2) is 40.7 Å². The zero-order valence-corrected chi connectivity index (χ0v) is 13.8. The summed E-state index contributed by atoms with van der Waals surface area (Å²) in [6.07, 6.45) is 1.96. The number of amides is 1. The quantitative estimate of drug-likeness (QED) is 0.670. The molecule has 0 aliphatic heterocycles. The first-order valence-electron chi connectivity index (χ1n) is 6.28. The van der Waals surface area contributed by atoms with Gasteiger partial charge < -0.3 is 5.32 Å². The third-order valence-corrected chi connectivity index (χ3v) is 5.21. The molecule has 22 heavy (non-hydrogen) atoms. The number of carbonyl (C=O) groups excluding carboxylic acids is 1. The minimum atomic E-state index is -0.606. The number of thiazole rings is 1. The summed E-state index contributed by atoms with van der Waals surface area (Å²) in [4.78, 5) is 16.6. The molecule has 2 aromatic carbocycles. The molecule has 0 radical (unpaired) electrons. The molecule has 0 saturated carbocycles. The SMILES string of the molecule is CSc1nc2ccc(NC(=O)c3cc(Cl)ccc3F)cc2s1. The maximum atomic E-state index is 13.7. The molecule has 1 amide bonds. The van der Waals surface area contributed by atoms with E-state index in [0.29, 0.717) is 10.7 Å². The highest BCUT2D eigenvalue weighted by atomic mass is 35.5. The lowest BCUT2D eigenvalue weighted by Crippen LogP contribution is -2.13. The molecule has 3 rings (SSSR count). The van der Waals surface area contributed by atoms with Crippen LogP contribution in [0.4, 0.5) is 10.1 Å². The standard InChI is InChI=1S/C15H10ClFN2OS2/c1-21-15-19-12-5-3-9(7-13(12)22-15)18-14(20)10-6-8(16)2-4-11(10)17/h2-7H,1H3,(H,18,20). The van der Waals surface area contributed by atoms with Crippen LogP contribution in [0, 0.1) is 5.82 Å². The Balaban J connectivity index is 1.88. The number of nitrogens with one attached hydrogen (secondary N) is 1. The summed E-state index contributed by atoms with van der Waals surface area (Å²) in [6.45, 7) is 0. The predicted octanol–water partition coefficient (Wildman–Crippen LogP) is 5.06. The van der Waals surface area contributed by atoms with Gasteiger partial charge in [0.05, 0.1) is 15.8 Å². The van der Waals surface area contributed by atoms with Gasteiger partial charge in [0.2, 0.25) is 0 Å². The van der Waals surface area contributed by atoms with E-state index in [1.54, 1.807) is 29.2 Å². The number of fused-ring (bicyclic) bond motifs is 1. The van der Waals surface area contributed by atoms with Crippen LogP contribution in [0.5, 0.6) is 0 Å². The van der Waals surface area contributed by atoms with Gasteiger partial charge in [-0.3, -0.25) is 4.79 Å². The Hall–Kier alpha value is -1.63. The van der Waals surface area contributed by atoms with Gasteiger partial charge >= 0.3 is 0 Å². The number of benzene rings is 2. The van der Waals surface area contributed by atoms with Gasteiger partial charge in [0.15, 0.2) is 4.34 Å². The van der Waals surface area contributed by atoms with Crippen molar-refractivity contribution < 1.29 is 9.18 Å². The fourth-order valence-electron chi connectivity index (χ4n) is 1.94. The fourth-order valence-corrected chi connectivity index (χ4v) is 3.64. The Morgan fingerprint density at radius 3 is 2.91 bits per heavy atom. The summed E-state index contributed by atoms with van der Waals surface area (Å²) in [7, 11) is 0. The van der Waals surface area contributed by atoms with Gasteiger partial charge in [0.25, 0.3) is 5.91 Å². The molecule has 0 spiro atoms. The van der Waals surface area contributed by atoms with Crippen molar-refractivity contribution in [3.05, 3.63) is 52.8 Å². The summed E-state index contributed by atoms with van der Waals surface area (Å²) < 4.78 is 15.6. The average Bonchev–Trinajstić information content (AvgIpc) is 2.92. The zero-order valence-electron chi connectivity index (χ0n) is 11.4. The molecule has 0 fully saturated rings. The Kier molecular flexibility index (Phi) is 4.33. The Labute approximate surface area is 139 Å². The van der Waals surface area contributed by atoms with Gasteiger partial charge in [-0.05, 0) is 42.7 Å². The minimum Gasteiger partial charge on any atom is -0.322 e. The number of aromatic nitrogens is 1. The van der Waals surface area contributed by atoms with Crippen LogP contribution < -0.4 is 5.32 Å². The summed E-state index contributed by atoms with van der Waals surface area (Å²) in [5, 5.41) is 2.99. The number of rotatable bonds is 3. The molecule has 7 heteroatoms. The third-order valence-electron chi connectivity index (χ3n) is 2.97. The lowest BCUT2D eigenvalue weighted by Gasteiger charge is -2.06. The lowest BCUT2D eigenvalue weighted by molar-refractivity contribution is 0.102. The van der Waals surface area contributed by atoms with Gasteiger partial charge in [0.1, 0.15) is 5.82 Å². The largest absolute Gasteiger partial charge is 0.322 e. The Bertz CT molecular complexity index is 866. The maximum Gasteiger partial charge on any atom is 0.258 e. The van der Waals surface area contributed by atoms with Crippen molar-refractivity contribution in [2.45, 2.75) is 4.34 Å². The summed E-state index contributed by atoms with van der Waals surface area (Å²) >= 11 is 8.92. The van der Waals surface area contributed by atoms with Gasteiger partial charge in [0, 0.05) is 10.7 Å². The second-order valence-electron chi connectivity index (χ2n) is 4.44. The van der Waals surface area contributed by atoms with E-state index in [1.807, 2.05) is 18.4 Å². The molecule has 0 aliphatic rings. The zero-order chi connectivity index (χ0) is 15.7. The van der Waals surface area contributed by atoms with Crippen molar-refractivity contribution >= 4 is 56.5 Å². The van der Waals surface area contributed by atoms with E-state index in [-0.39, 0.29) is 5.56 Å². The summed E-state index contributed by atoms with van der Waals surface area (Å²) in [6, 6.07) is 9.29. The van der Waals surface area contributed by atoms with Crippen LogP contribution in [0.2, 0.25) is 5.02 Å². The highest BCUT2D eigenvalue weighted by Crippen LogP contribution is 2.30. The molecular weight excluding hydrogens is 343 g/mol. The molecule has 1 heterocycles. The molecule has 0 atom stereocenters. The molecule has 0 saturated heterocycles. The number of nitrogens with zero attached hydrogens (tertiary/aromatic N) is 1. The number of anilines is 1. The van der Waals surface area contributed by atoms with Crippen LogP contribution in [0.1, 0.15) is 10.4 Å². The van der Waals surface area contributed by atoms with Crippen LogP contribution in [0.25, 0.3) is 10.2 Å². The second kappa shape index (κ2) is 6.24. The number of halogens is 2. The number of hydrogen-bond donors (Lipinski definition) is 1. The van der Waals surface area contributed by atoms with Gasteiger partial charge in [-0.1, -0.05) is 23.4 Å². The minimum absolute atomic E-state index is 0.0818. The average molecular weight is 353 g/mol. The van der Waals surface area contributed by atoms with Crippen molar-refractivity contribution in [3.8, 4) is 0 Å². The number of carbonyl (C=O) groups is 1. The first-order chi connectivity index (χ1) is 10.6. The van der Waals surface area contributed by atoms with E-state index in [2.05, 4.69) is 10.3 Å². The van der Waals surface area contributed by atoms with Crippen LogP contribution in [0.3, 0.4) is 0 Å². The van der Waals surface area contributed by atoms with E-state index in [9.17, 15) is 9.18 Å². The second-order valence-corrected chi connectivity index (χ2v) is 6.97. The Morgan fingerprint density at radius 2 is 2.14 bits per heavy atom. The van der Waals surface area contributed by atoms with E-state index in [1.165, 1.54) is 18.2 Å². The van der Waals surface area contributed by atoms with E-state index < -0.39 is 11.7 Å². The first-order valence-corrected chi connectivity index (χ1v) is 8.70. The molecule has 0 aliphatic carbocycles. The van der Waals surface area contributed by atoms with Crippen LogP contribution in [-0.4, -0.2) is 17.1 Å². The highest BCUT2D eigenvalue weighted by Gasteiger charge is 2.13. The lowest BCUT2D eigenvalue weighted by atomic mass is 10.2. The highest BCUT2D eigenvalue weighted by molar-refractivity contribution is 8.00. The molecule has 112 valence electrons. The van der Waals surface area contributed by atoms with Crippen molar-refractivity contribution in [2.75, 3.05) is 11.6 Å². The maximum absolute atomic E-state index is 13.7. The molecule has 0 bridgehead atoms. The van der Waals surface area contributed by atoms with Gasteiger partial charge in [-0.2, -0.15) is 0 Å². The molecular formula is C15H10ClFN2OS2. The molecule has 3 nitrogen and oxygen atoms in total. The molecule has 3 aromatic rings. The smallest absolute Gasteiger partial charge is 0.258 e.